The minimum absolute atomic E-state index is 0.0236. The summed E-state index contributed by atoms with van der Waals surface area (Å²) in [5.74, 6) is 0.0858. The molecular weight excluding hydrogens is 306 g/mol. The van der Waals surface area contributed by atoms with Crippen molar-refractivity contribution in [2.45, 2.75) is 26.4 Å². The molecule has 1 amide bonds. The van der Waals surface area contributed by atoms with E-state index in [1.807, 2.05) is 53.4 Å². The first-order valence-electron chi connectivity index (χ1n) is 8.66. The number of carbonyl (C=O) groups is 1. The van der Waals surface area contributed by atoms with Crippen molar-refractivity contribution in [2.24, 2.45) is 0 Å². The Bertz CT molecular complexity index is 916. The van der Waals surface area contributed by atoms with E-state index in [4.69, 9.17) is 0 Å². The normalized spacial score (nSPS) is 15.9. The Morgan fingerprint density at radius 1 is 0.920 bits per heavy atom. The van der Waals surface area contributed by atoms with Crippen LogP contribution in [-0.4, -0.2) is 10.8 Å². The van der Waals surface area contributed by atoms with Gasteiger partial charge in [0.25, 0.3) is 5.91 Å². The molecule has 1 atom stereocenters. The van der Waals surface area contributed by atoms with E-state index in [0.717, 1.165) is 11.1 Å². The van der Waals surface area contributed by atoms with Crippen LogP contribution in [0.1, 0.15) is 44.2 Å². The lowest BCUT2D eigenvalue weighted by molar-refractivity contribution is 0.0718. The average molecular weight is 327 g/mol. The zero-order valence-electron chi connectivity index (χ0n) is 14.6. The third kappa shape index (κ3) is 2.74. The fourth-order valence-corrected chi connectivity index (χ4v) is 3.94. The Hall–Kier alpha value is -2.87. The quantitative estimate of drug-likeness (QED) is 0.645. The van der Waals surface area contributed by atoms with Gasteiger partial charge in [0.05, 0.1) is 6.04 Å². The number of carbonyl (C=O) groups excluding carboxylic acids is 1. The molecule has 0 spiro atoms. The highest BCUT2D eigenvalue weighted by molar-refractivity contribution is 5.95. The van der Waals surface area contributed by atoms with Gasteiger partial charge in [0.1, 0.15) is 0 Å². The highest BCUT2D eigenvalue weighted by Crippen LogP contribution is 2.41. The van der Waals surface area contributed by atoms with Crippen LogP contribution in [0, 0.1) is 13.8 Å². The molecule has 0 saturated carbocycles. The lowest BCUT2D eigenvalue weighted by Gasteiger charge is -2.26. The van der Waals surface area contributed by atoms with Crippen LogP contribution in [0.15, 0.2) is 72.8 Å². The number of hydrogen-bond donors (Lipinski definition) is 0. The van der Waals surface area contributed by atoms with Crippen molar-refractivity contribution in [3.63, 3.8) is 0 Å². The fraction of sp³-hybridized carbons (Fsp3) is 0.174. The van der Waals surface area contributed by atoms with Crippen LogP contribution in [0.5, 0.6) is 0 Å². The predicted molar refractivity (Wildman–Crippen MR) is 101 cm³/mol. The van der Waals surface area contributed by atoms with Gasteiger partial charge in [-0.1, -0.05) is 66.2 Å². The molecule has 0 bridgehead atoms. The van der Waals surface area contributed by atoms with E-state index in [2.05, 4.69) is 38.1 Å². The molecule has 1 aliphatic heterocycles. The summed E-state index contributed by atoms with van der Waals surface area (Å²) in [5.41, 5.74) is 6.95. The van der Waals surface area contributed by atoms with Gasteiger partial charge in [-0.2, -0.15) is 0 Å². The summed E-state index contributed by atoms with van der Waals surface area (Å²) in [7, 11) is 0. The molecular formula is C23H21NO. The Labute approximate surface area is 148 Å². The van der Waals surface area contributed by atoms with Crippen molar-refractivity contribution >= 4 is 5.91 Å². The van der Waals surface area contributed by atoms with E-state index in [1.54, 1.807) is 0 Å². The molecule has 25 heavy (non-hydrogen) atoms. The minimum Gasteiger partial charge on any atom is -0.323 e. The summed E-state index contributed by atoms with van der Waals surface area (Å²) < 4.78 is 0. The topological polar surface area (TPSA) is 20.3 Å². The molecule has 1 aliphatic rings. The second-order valence-electron chi connectivity index (χ2n) is 6.77. The number of benzene rings is 3. The van der Waals surface area contributed by atoms with E-state index in [9.17, 15) is 4.79 Å². The van der Waals surface area contributed by atoms with Crippen molar-refractivity contribution in [3.05, 3.63) is 106 Å². The second-order valence-corrected chi connectivity index (χ2v) is 6.77. The lowest BCUT2D eigenvalue weighted by Crippen LogP contribution is -2.30. The molecule has 1 unspecified atom stereocenters. The standard InChI is InChI=1S/C23H21NO/c1-16-13-17(2)21-20(14-16)15-24(22(21)18-9-5-3-6-10-18)23(25)19-11-7-4-8-12-19/h3-14,22H,15H2,1-2H3. The first-order valence-corrected chi connectivity index (χ1v) is 8.66. The molecule has 0 saturated heterocycles. The van der Waals surface area contributed by atoms with Gasteiger partial charge in [0, 0.05) is 12.1 Å². The highest BCUT2D eigenvalue weighted by atomic mass is 16.2. The number of fused-ring (bicyclic) bond motifs is 1. The predicted octanol–water partition coefficient (Wildman–Crippen LogP) is 5.05. The molecule has 1 heterocycles. The van der Waals surface area contributed by atoms with Gasteiger partial charge in [-0.15, -0.1) is 0 Å². The van der Waals surface area contributed by atoms with Crippen molar-refractivity contribution in [1.82, 2.24) is 4.90 Å². The monoisotopic (exact) mass is 327 g/mol. The zero-order valence-corrected chi connectivity index (χ0v) is 14.6. The lowest BCUT2D eigenvalue weighted by atomic mass is 9.92. The number of hydrogen-bond acceptors (Lipinski definition) is 1. The largest absolute Gasteiger partial charge is 0.323 e. The molecule has 3 aromatic carbocycles. The zero-order chi connectivity index (χ0) is 17.4. The summed E-state index contributed by atoms with van der Waals surface area (Å²) in [6.07, 6.45) is 0. The van der Waals surface area contributed by atoms with Gasteiger partial charge < -0.3 is 4.90 Å². The molecule has 0 N–H and O–H groups in total. The van der Waals surface area contributed by atoms with Crippen LogP contribution >= 0.6 is 0 Å². The Morgan fingerprint density at radius 2 is 1.56 bits per heavy atom. The SMILES string of the molecule is Cc1cc(C)c2c(c1)CN(C(=O)c1ccccc1)C2c1ccccc1. The van der Waals surface area contributed by atoms with E-state index >= 15 is 0 Å². The molecule has 0 radical (unpaired) electrons. The van der Waals surface area contributed by atoms with Crippen LogP contribution in [0.3, 0.4) is 0 Å². The van der Waals surface area contributed by atoms with Gasteiger partial charge in [0.15, 0.2) is 0 Å². The number of rotatable bonds is 2. The summed E-state index contributed by atoms with van der Waals surface area (Å²) in [5, 5.41) is 0. The maximum Gasteiger partial charge on any atom is 0.254 e. The number of nitrogens with zero attached hydrogens (tertiary/aromatic N) is 1. The Kier molecular flexibility index (Phi) is 3.89. The number of amides is 1. The van der Waals surface area contributed by atoms with E-state index in [-0.39, 0.29) is 11.9 Å². The van der Waals surface area contributed by atoms with Crippen molar-refractivity contribution < 1.29 is 4.79 Å². The maximum atomic E-state index is 13.2. The number of aryl methyl sites for hydroxylation is 2. The van der Waals surface area contributed by atoms with Crippen molar-refractivity contribution in [3.8, 4) is 0 Å². The van der Waals surface area contributed by atoms with Gasteiger partial charge in [0.2, 0.25) is 0 Å². The van der Waals surface area contributed by atoms with Crippen molar-refractivity contribution in [2.75, 3.05) is 0 Å². The molecule has 2 heteroatoms. The van der Waals surface area contributed by atoms with Crippen LogP contribution < -0.4 is 0 Å². The Morgan fingerprint density at radius 3 is 2.24 bits per heavy atom. The summed E-state index contributed by atoms with van der Waals surface area (Å²) >= 11 is 0. The molecule has 2 nitrogen and oxygen atoms in total. The van der Waals surface area contributed by atoms with Gasteiger partial charge in [-0.3, -0.25) is 4.79 Å². The van der Waals surface area contributed by atoms with Crippen LogP contribution in [0.25, 0.3) is 0 Å². The maximum absolute atomic E-state index is 13.2. The van der Waals surface area contributed by atoms with E-state index in [1.165, 1.54) is 22.3 Å². The van der Waals surface area contributed by atoms with Crippen LogP contribution in [0.4, 0.5) is 0 Å². The average Bonchev–Trinajstić information content (AvgIpc) is 3.02. The van der Waals surface area contributed by atoms with E-state index < -0.39 is 0 Å². The molecule has 0 aromatic heterocycles. The van der Waals surface area contributed by atoms with Gasteiger partial charge >= 0.3 is 0 Å². The first kappa shape index (κ1) is 15.6. The molecule has 0 aliphatic carbocycles. The summed E-state index contributed by atoms with van der Waals surface area (Å²) in [6, 6.07) is 24.3. The summed E-state index contributed by atoms with van der Waals surface area (Å²) in [6.45, 7) is 4.93. The smallest absolute Gasteiger partial charge is 0.254 e. The summed E-state index contributed by atoms with van der Waals surface area (Å²) in [4.78, 5) is 15.2. The first-order chi connectivity index (χ1) is 12.1. The highest BCUT2D eigenvalue weighted by Gasteiger charge is 2.36. The van der Waals surface area contributed by atoms with Crippen LogP contribution in [-0.2, 0) is 6.54 Å². The van der Waals surface area contributed by atoms with Crippen molar-refractivity contribution in [1.29, 1.82) is 0 Å². The van der Waals surface area contributed by atoms with Gasteiger partial charge in [-0.05, 0) is 48.2 Å². The Balaban J connectivity index is 1.84. The third-order valence-corrected chi connectivity index (χ3v) is 4.94. The van der Waals surface area contributed by atoms with E-state index in [0.29, 0.717) is 6.54 Å². The second kappa shape index (κ2) is 6.21. The molecule has 0 fully saturated rings. The third-order valence-electron chi connectivity index (χ3n) is 4.94. The van der Waals surface area contributed by atoms with Crippen LogP contribution in [0.2, 0.25) is 0 Å². The molecule has 124 valence electrons. The van der Waals surface area contributed by atoms with Gasteiger partial charge in [-0.25, -0.2) is 0 Å². The molecule has 3 aromatic rings. The molecule has 4 rings (SSSR count). The fourth-order valence-electron chi connectivity index (χ4n) is 3.94. The minimum atomic E-state index is -0.0236.